The van der Waals surface area contributed by atoms with Crippen molar-refractivity contribution in [3.63, 3.8) is 0 Å². The van der Waals surface area contributed by atoms with Crippen molar-refractivity contribution < 1.29 is 0 Å². The minimum absolute atomic E-state index is 0.619. The summed E-state index contributed by atoms with van der Waals surface area (Å²) in [5.74, 6) is 1.87. The van der Waals surface area contributed by atoms with E-state index in [2.05, 4.69) is 179 Å². The van der Waals surface area contributed by atoms with E-state index < -0.39 is 0 Å². The molecule has 8 aromatic carbocycles. The van der Waals surface area contributed by atoms with E-state index in [1.54, 1.807) is 0 Å². The molecule has 11 rings (SSSR count). The van der Waals surface area contributed by atoms with Gasteiger partial charge in [0.15, 0.2) is 17.5 Å². The average Bonchev–Trinajstić information content (AvgIpc) is 3.75. The van der Waals surface area contributed by atoms with Gasteiger partial charge in [-0.15, -0.1) is 0 Å². The maximum absolute atomic E-state index is 5.29. The van der Waals surface area contributed by atoms with Crippen molar-refractivity contribution in [2.45, 2.75) is 0 Å². The van der Waals surface area contributed by atoms with Crippen molar-refractivity contribution in [3.05, 3.63) is 188 Å². The first-order valence-electron chi connectivity index (χ1n) is 18.2. The molecule has 5 heteroatoms. The quantitative estimate of drug-likeness (QED) is 0.181. The lowest BCUT2D eigenvalue weighted by Crippen LogP contribution is -2.03. The molecule has 0 unspecified atom stereocenters. The fourth-order valence-electron chi connectivity index (χ4n) is 8.08. The molecule has 0 saturated carbocycles. The Morgan fingerprint density at radius 1 is 0.315 bits per heavy atom. The fraction of sp³-hybridized carbons (Fsp3) is 0. The van der Waals surface area contributed by atoms with Crippen molar-refractivity contribution in [2.24, 2.45) is 0 Å². The number of rotatable bonds is 5. The second-order valence-electron chi connectivity index (χ2n) is 13.7. The van der Waals surface area contributed by atoms with Crippen molar-refractivity contribution in [3.8, 4) is 45.5 Å². The molecule has 0 N–H and O–H groups in total. The zero-order valence-corrected chi connectivity index (χ0v) is 29.1. The van der Waals surface area contributed by atoms with Gasteiger partial charge in [0.2, 0.25) is 0 Å². The molecule has 11 aromatic rings. The molecule has 0 aliphatic carbocycles. The Balaban J connectivity index is 1.16. The summed E-state index contributed by atoms with van der Waals surface area (Å²) in [4.78, 5) is 15.6. The molecule has 54 heavy (non-hydrogen) atoms. The van der Waals surface area contributed by atoms with Crippen LogP contribution in [0.2, 0.25) is 0 Å². The molecule has 0 aliphatic rings. The Kier molecular flexibility index (Phi) is 6.79. The van der Waals surface area contributed by atoms with Gasteiger partial charge in [-0.25, -0.2) is 15.0 Å². The summed E-state index contributed by atoms with van der Waals surface area (Å²) in [5.41, 5.74) is 9.49. The third kappa shape index (κ3) is 4.76. The molecule has 5 nitrogen and oxygen atoms in total. The van der Waals surface area contributed by atoms with Crippen LogP contribution in [-0.2, 0) is 0 Å². The molecule has 0 spiro atoms. The van der Waals surface area contributed by atoms with Gasteiger partial charge < -0.3 is 9.13 Å². The van der Waals surface area contributed by atoms with Crippen LogP contribution in [0.4, 0.5) is 0 Å². The van der Waals surface area contributed by atoms with Crippen molar-refractivity contribution in [1.29, 1.82) is 0 Å². The third-order valence-electron chi connectivity index (χ3n) is 10.5. The molecule has 0 radical (unpaired) electrons. The number of hydrogen-bond acceptors (Lipinski definition) is 3. The highest BCUT2D eigenvalue weighted by atomic mass is 15.1. The van der Waals surface area contributed by atoms with Gasteiger partial charge >= 0.3 is 0 Å². The van der Waals surface area contributed by atoms with E-state index in [0.717, 1.165) is 55.5 Å². The SMILES string of the molecule is c1ccc(-c2nc(-c3ccc4c(c3)c3ccccc3n4-c3ccccc3)nc(-c3ccccc3-n3c4ccccc4c4cc5ccccc5cc43)n2)cc1. The van der Waals surface area contributed by atoms with E-state index in [9.17, 15) is 0 Å². The molecule has 3 aromatic heterocycles. The Labute approximate surface area is 311 Å². The van der Waals surface area contributed by atoms with Gasteiger partial charge in [0.1, 0.15) is 0 Å². The highest BCUT2D eigenvalue weighted by molar-refractivity contribution is 6.14. The molecule has 0 bridgehead atoms. The Bertz CT molecular complexity index is 3210. The van der Waals surface area contributed by atoms with E-state index in [1.807, 2.05) is 18.2 Å². The minimum atomic E-state index is 0.619. The maximum Gasteiger partial charge on any atom is 0.166 e. The van der Waals surface area contributed by atoms with Crippen LogP contribution in [0, 0.1) is 0 Å². The molecule has 0 aliphatic heterocycles. The second-order valence-corrected chi connectivity index (χ2v) is 13.7. The van der Waals surface area contributed by atoms with Gasteiger partial charge in [-0.3, -0.25) is 0 Å². The number of hydrogen-bond donors (Lipinski definition) is 0. The number of fused-ring (bicyclic) bond motifs is 7. The average molecular weight is 690 g/mol. The number of aromatic nitrogens is 5. The van der Waals surface area contributed by atoms with Crippen LogP contribution in [0.25, 0.3) is 99.9 Å². The zero-order valence-electron chi connectivity index (χ0n) is 29.1. The molecule has 3 heterocycles. The lowest BCUT2D eigenvalue weighted by Gasteiger charge is -2.15. The zero-order chi connectivity index (χ0) is 35.6. The topological polar surface area (TPSA) is 48.5 Å². The summed E-state index contributed by atoms with van der Waals surface area (Å²) < 4.78 is 4.69. The minimum Gasteiger partial charge on any atom is -0.309 e. The van der Waals surface area contributed by atoms with Gasteiger partial charge in [0.05, 0.1) is 27.8 Å². The third-order valence-corrected chi connectivity index (χ3v) is 10.5. The Morgan fingerprint density at radius 3 is 1.61 bits per heavy atom. The predicted molar refractivity (Wildman–Crippen MR) is 222 cm³/mol. The monoisotopic (exact) mass is 689 g/mol. The van der Waals surface area contributed by atoms with E-state index in [-0.39, 0.29) is 0 Å². The predicted octanol–water partition coefficient (Wildman–Crippen LogP) is 12.2. The molecule has 0 saturated heterocycles. The first-order valence-corrected chi connectivity index (χ1v) is 18.2. The van der Waals surface area contributed by atoms with Crippen LogP contribution in [-0.4, -0.2) is 24.1 Å². The lowest BCUT2D eigenvalue weighted by atomic mass is 10.1. The molecule has 0 amide bonds. The van der Waals surface area contributed by atoms with E-state index >= 15 is 0 Å². The van der Waals surface area contributed by atoms with Gasteiger partial charge in [0, 0.05) is 43.9 Å². The van der Waals surface area contributed by atoms with Crippen molar-refractivity contribution >= 4 is 54.4 Å². The van der Waals surface area contributed by atoms with Crippen LogP contribution >= 0.6 is 0 Å². The van der Waals surface area contributed by atoms with Gasteiger partial charge in [-0.05, 0) is 77.5 Å². The number of benzene rings is 8. The number of nitrogens with zero attached hydrogens (tertiary/aromatic N) is 5. The molecule has 0 atom stereocenters. The summed E-state index contributed by atoms with van der Waals surface area (Å²) in [6.07, 6.45) is 0. The lowest BCUT2D eigenvalue weighted by molar-refractivity contribution is 1.06. The van der Waals surface area contributed by atoms with Crippen LogP contribution < -0.4 is 0 Å². The smallest absolute Gasteiger partial charge is 0.166 e. The maximum atomic E-state index is 5.29. The summed E-state index contributed by atoms with van der Waals surface area (Å²) >= 11 is 0. The molecular formula is C49H31N5. The highest BCUT2D eigenvalue weighted by Gasteiger charge is 2.20. The van der Waals surface area contributed by atoms with Gasteiger partial charge in [-0.2, -0.15) is 0 Å². The molecule has 0 fully saturated rings. The summed E-state index contributed by atoms with van der Waals surface area (Å²) in [6, 6.07) is 66.2. The van der Waals surface area contributed by atoms with Crippen LogP contribution in [0.5, 0.6) is 0 Å². The summed E-state index contributed by atoms with van der Waals surface area (Å²) in [7, 11) is 0. The Hall–Kier alpha value is -7.37. The highest BCUT2D eigenvalue weighted by Crippen LogP contribution is 2.39. The molecule has 252 valence electrons. The standard InChI is InChI=1S/C49H31N5/c1-3-15-32(16-4-1)47-50-48(35-27-28-45-40(30-35)37-21-9-12-24-42(37)53(45)36-19-5-2-6-20-36)52-49(51-47)39-23-11-14-26-44(39)54-43-25-13-10-22-38(43)41-29-33-17-7-8-18-34(33)31-46(41)54/h1-31H. The van der Waals surface area contributed by atoms with Crippen LogP contribution in [0.15, 0.2) is 188 Å². The first-order chi connectivity index (χ1) is 26.8. The van der Waals surface area contributed by atoms with Crippen LogP contribution in [0.3, 0.4) is 0 Å². The summed E-state index contributed by atoms with van der Waals surface area (Å²) in [6.45, 7) is 0. The second kappa shape index (κ2) is 12.1. The number of para-hydroxylation sites is 4. The van der Waals surface area contributed by atoms with E-state index in [1.165, 1.54) is 26.9 Å². The fourth-order valence-corrected chi connectivity index (χ4v) is 8.08. The van der Waals surface area contributed by atoms with E-state index in [0.29, 0.717) is 17.5 Å². The first kappa shape index (κ1) is 30.3. The summed E-state index contributed by atoms with van der Waals surface area (Å²) in [5, 5.41) is 7.16. The normalized spacial score (nSPS) is 11.7. The van der Waals surface area contributed by atoms with Gasteiger partial charge in [-0.1, -0.05) is 121 Å². The van der Waals surface area contributed by atoms with Crippen molar-refractivity contribution in [2.75, 3.05) is 0 Å². The largest absolute Gasteiger partial charge is 0.309 e. The van der Waals surface area contributed by atoms with Crippen molar-refractivity contribution in [1.82, 2.24) is 24.1 Å². The van der Waals surface area contributed by atoms with E-state index in [4.69, 9.17) is 15.0 Å². The van der Waals surface area contributed by atoms with Gasteiger partial charge in [0.25, 0.3) is 0 Å². The molecular weight excluding hydrogens is 659 g/mol. The Morgan fingerprint density at radius 2 is 0.852 bits per heavy atom. The van der Waals surface area contributed by atoms with Crippen LogP contribution in [0.1, 0.15) is 0 Å².